The molecule has 0 saturated carbocycles. The van der Waals surface area contributed by atoms with E-state index in [9.17, 15) is 4.79 Å². The standard InChI is InChI=1S/C13H20N2OS/c14-8-4-1-5-9-17-10-11-6-2-3-7-12(11)13(15)16/h2-3,6-7H,1,4-5,8-10,14H2,(H2,15,16). The van der Waals surface area contributed by atoms with Crippen molar-refractivity contribution in [3.63, 3.8) is 0 Å². The SMILES string of the molecule is NCCCCCSCc1ccccc1C(N)=O. The molecule has 1 rings (SSSR count). The summed E-state index contributed by atoms with van der Waals surface area (Å²) in [6.07, 6.45) is 3.46. The average molecular weight is 252 g/mol. The number of hydrogen-bond acceptors (Lipinski definition) is 3. The largest absolute Gasteiger partial charge is 0.366 e. The normalized spacial score (nSPS) is 10.4. The zero-order chi connectivity index (χ0) is 12.5. The molecule has 0 radical (unpaired) electrons. The number of carbonyl (C=O) groups excluding carboxylic acids is 1. The second-order valence-corrected chi connectivity index (χ2v) is 5.03. The number of thioether (sulfide) groups is 1. The molecule has 1 aromatic rings. The van der Waals surface area contributed by atoms with Gasteiger partial charge in [-0.2, -0.15) is 11.8 Å². The lowest BCUT2D eigenvalue weighted by Gasteiger charge is -2.06. The summed E-state index contributed by atoms with van der Waals surface area (Å²) in [5, 5.41) is 0. The second-order valence-electron chi connectivity index (χ2n) is 3.92. The summed E-state index contributed by atoms with van der Waals surface area (Å²) in [7, 11) is 0. The van der Waals surface area contributed by atoms with E-state index in [1.54, 1.807) is 6.07 Å². The van der Waals surface area contributed by atoms with Crippen LogP contribution >= 0.6 is 11.8 Å². The Bertz CT molecular complexity index is 355. The van der Waals surface area contributed by atoms with E-state index in [4.69, 9.17) is 11.5 Å². The van der Waals surface area contributed by atoms with Crippen molar-refractivity contribution in [2.45, 2.75) is 25.0 Å². The van der Waals surface area contributed by atoms with Gasteiger partial charge in [0.05, 0.1) is 0 Å². The van der Waals surface area contributed by atoms with E-state index in [1.807, 2.05) is 30.0 Å². The first-order valence-corrected chi connectivity index (χ1v) is 7.06. The molecule has 3 nitrogen and oxygen atoms in total. The van der Waals surface area contributed by atoms with Crippen molar-refractivity contribution in [3.8, 4) is 0 Å². The Hall–Kier alpha value is -1.00. The molecule has 0 aliphatic carbocycles. The van der Waals surface area contributed by atoms with E-state index >= 15 is 0 Å². The molecule has 0 atom stereocenters. The second kappa shape index (κ2) is 8.14. The quantitative estimate of drug-likeness (QED) is 0.696. The maximum atomic E-state index is 11.2. The smallest absolute Gasteiger partial charge is 0.249 e. The van der Waals surface area contributed by atoms with Gasteiger partial charge in [0.1, 0.15) is 0 Å². The predicted molar refractivity (Wildman–Crippen MR) is 74.0 cm³/mol. The maximum absolute atomic E-state index is 11.2. The van der Waals surface area contributed by atoms with Crippen LogP contribution in [0.3, 0.4) is 0 Å². The van der Waals surface area contributed by atoms with E-state index in [1.165, 1.54) is 12.8 Å². The van der Waals surface area contributed by atoms with Gasteiger partial charge in [-0.25, -0.2) is 0 Å². The molecule has 0 bridgehead atoms. The fraction of sp³-hybridized carbons (Fsp3) is 0.462. The van der Waals surface area contributed by atoms with Gasteiger partial charge in [0.25, 0.3) is 0 Å². The van der Waals surface area contributed by atoms with Crippen molar-refractivity contribution in [2.24, 2.45) is 11.5 Å². The van der Waals surface area contributed by atoms with Crippen LogP contribution in [0.1, 0.15) is 35.2 Å². The van der Waals surface area contributed by atoms with Gasteiger partial charge >= 0.3 is 0 Å². The minimum absolute atomic E-state index is 0.343. The number of nitrogens with two attached hydrogens (primary N) is 2. The molecule has 0 aliphatic rings. The third-order valence-electron chi connectivity index (χ3n) is 2.53. The fourth-order valence-electron chi connectivity index (χ4n) is 1.59. The zero-order valence-corrected chi connectivity index (χ0v) is 10.8. The van der Waals surface area contributed by atoms with Gasteiger partial charge in [0.15, 0.2) is 0 Å². The summed E-state index contributed by atoms with van der Waals surface area (Å²) in [6, 6.07) is 7.53. The van der Waals surface area contributed by atoms with Gasteiger partial charge in [-0.05, 0) is 36.8 Å². The molecule has 0 aliphatic heterocycles. The highest BCUT2D eigenvalue weighted by atomic mass is 32.2. The third-order valence-corrected chi connectivity index (χ3v) is 3.63. The van der Waals surface area contributed by atoms with Crippen LogP contribution in [0.5, 0.6) is 0 Å². The third kappa shape index (κ3) is 5.24. The summed E-state index contributed by atoms with van der Waals surface area (Å²) in [6.45, 7) is 0.773. The van der Waals surface area contributed by atoms with E-state index < -0.39 is 0 Å². The monoisotopic (exact) mass is 252 g/mol. The molecule has 4 heteroatoms. The van der Waals surface area contributed by atoms with Gasteiger partial charge in [-0.15, -0.1) is 0 Å². The first-order valence-electron chi connectivity index (χ1n) is 5.91. The summed E-state index contributed by atoms with van der Waals surface area (Å²) in [5.41, 5.74) is 12.4. The van der Waals surface area contributed by atoms with Gasteiger partial charge in [0, 0.05) is 11.3 Å². The number of primary amides is 1. The van der Waals surface area contributed by atoms with Crippen LogP contribution in [0.4, 0.5) is 0 Å². The highest BCUT2D eigenvalue weighted by Crippen LogP contribution is 2.17. The number of carbonyl (C=O) groups is 1. The number of unbranched alkanes of at least 4 members (excludes halogenated alkanes) is 2. The lowest BCUT2D eigenvalue weighted by molar-refractivity contribution is 0.0999. The predicted octanol–water partition coefficient (Wildman–Crippen LogP) is 2.15. The molecule has 0 unspecified atom stereocenters. The van der Waals surface area contributed by atoms with Gasteiger partial charge in [-0.1, -0.05) is 24.6 Å². The molecule has 0 aromatic heterocycles. The van der Waals surface area contributed by atoms with E-state index in [2.05, 4.69) is 0 Å². The molecule has 17 heavy (non-hydrogen) atoms. The molecule has 0 heterocycles. The van der Waals surface area contributed by atoms with Gasteiger partial charge < -0.3 is 11.5 Å². The Morgan fingerprint density at radius 2 is 1.94 bits per heavy atom. The Morgan fingerprint density at radius 3 is 2.65 bits per heavy atom. The van der Waals surface area contributed by atoms with Gasteiger partial charge in [0.2, 0.25) is 5.91 Å². The number of rotatable bonds is 8. The number of benzene rings is 1. The summed E-state index contributed by atoms with van der Waals surface area (Å²) < 4.78 is 0. The fourth-order valence-corrected chi connectivity index (χ4v) is 2.62. The highest BCUT2D eigenvalue weighted by molar-refractivity contribution is 7.98. The van der Waals surface area contributed by atoms with Crippen molar-refractivity contribution in [3.05, 3.63) is 35.4 Å². The van der Waals surface area contributed by atoms with Crippen molar-refractivity contribution in [1.29, 1.82) is 0 Å². The van der Waals surface area contributed by atoms with Gasteiger partial charge in [-0.3, -0.25) is 4.79 Å². The first-order chi connectivity index (χ1) is 8.25. The topological polar surface area (TPSA) is 69.1 Å². The van der Waals surface area contributed by atoms with E-state index in [0.29, 0.717) is 5.56 Å². The Morgan fingerprint density at radius 1 is 1.18 bits per heavy atom. The van der Waals surface area contributed by atoms with E-state index in [0.717, 1.165) is 30.0 Å². The highest BCUT2D eigenvalue weighted by Gasteiger charge is 2.06. The van der Waals surface area contributed by atoms with Crippen LogP contribution in [0.2, 0.25) is 0 Å². The van der Waals surface area contributed by atoms with Crippen LogP contribution in [-0.4, -0.2) is 18.2 Å². The molecular formula is C13H20N2OS. The minimum atomic E-state index is -0.343. The van der Waals surface area contributed by atoms with Crippen LogP contribution in [0.25, 0.3) is 0 Å². The Labute approximate surface area is 107 Å². The van der Waals surface area contributed by atoms with Crippen molar-refractivity contribution < 1.29 is 4.79 Å². The average Bonchev–Trinajstić information content (AvgIpc) is 2.34. The summed E-state index contributed by atoms with van der Waals surface area (Å²) in [4.78, 5) is 11.2. The molecule has 4 N–H and O–H groups in total. The molecule has 1 amide bonds. The number of hydrogen-bond donors (Lipinski definition) is 2. The van der Waals surface area contributed by atoms with Crippen molar-refractivity contribution in [1.82, 2.24) is 0 Å². The molecule has 1 aromatic carbocycles. The zero-order valence-electron chi connectivity index (χ0n) is 10.0. The van der Waals surface area contributed by atoms with Crippen molar-refractivity contribution in [2.75, 3.05) is 12.3 Å². The molecule has 0 spiro atoms. The summed E-state index contributed by atoms with van der Waals surface area (Å²) >= 11 is 1.84. The molecule has 0 fully saturated rings. The Kier molecular flexibility index (Phi) is 6.74. The molecule has 0 saturated heterocycles. The van der Waals surface area contributed by atoms with Crippen LogP contribution in [0, 0.1) is 0 Å². The van der Waals surface area contributed by atoms with Crippen LogP contribution in [-0.2, 0) is 5.75 Å². The molecular weight excluding hydrogens is 232 g/mol. The Balaban J connectivity index is 2.34. The lowest BCUT2D eigenvalue weighted by Crippen LogP contribution is -2.13. The minimum Gasteiger partial charge on any atom is -0.366 e. The summed E-state index contributed by atoms with van der Waals surface area (Å²) in [5.74, 6) is 1.61. The first kappa shape index (κ1) is 14.1. The molecule has 94 valence electrons. The van der Waals surface area contributed by atoms with Crippen LogP contribution in [0.15, 0.2) is 24.3 Å². The number of amides is 1. The van der Waals surface area contributed by atoms with Crippen molar-refractivity contribution >= 4 is 17.7 Å². The lowest BCUT2D eigenvalue weighted by atomic mass is 10.1. The maximum Gasteiger partial charge on any atom is 0.249 e. The van der Waals surface area contributed by atoms with Crippen LogP contribution < -0.4 is 11.5 Å². The van der Waals surface area contributed by atoms with E-state index in [-0.39, 0.29) is 5.91 Å².